The van der Waals surface area contributed by atoms with E-state index in [0.717, 1.165) is 24.1 Å². The first kappa shape index (κ1) is 14.7. The van der Waals surface area contributed by atoms with Crippen LogP contribution in [0.5, 0.6) is 0 Å². The minimum atomic E-state index is -1.65. The van der Waals surface area contributed by atoms with Crippen LogP contribution in [0.25, 0.3) is 11.4 Å². The van der Waals surface area contributed by atoms with Gasteiger partial charge in [-0.05, 0) is 25.8 Å². The lowest BCUT2D eigenvalue weighted by atomic mass is 10.1. The maximum absolute atomic E-state index is 13.7. The van der Waals surface area contributed by atoms with Gasteiger partial charge in [-0.15, -0.1) is 0 Å². The zero-order valence-electron chi connectivity index (χ0n) is 12.7. The van der Waals surface area contributed by atoms with Crippen LogP contribution in [-0.2, 0) is 17.0 Å². The number of carbonyl (C=O) groups excluding carboxylic acids is 1. The Labute approximate surface area is 128 Å². The Morgan fingerprint density at radius 2 is 2.05 bits per heavy atom. The second-order valence-electron chi connectivity index (χ2n) is 6.01. The molecule has 0 bridgehead atoms. The van der Waals surface area contributed by atoms with Gasteiger partial charge in [0.15, 0.2) is 5.67 Å². The number of benzene rings is 1. The predicted molar refractivity (Wildman–Crippen MR) is 78.5 cm³/mol. The molecule has 0 saturated carbocycles. The molecule has 0 aliphatic carbocycles. The van der Waals surface area contributed by atoms with Gasteiger partial charge in [-0.25, -0.2) is 4.39 Å². The summed E-state index contributed by atoms with van der Waals surface area (Å²) < 4.78 is 18.7. The van der Waals surface area contributed by atoms with E-state index in [-0.39, 0.29) is 11.8 Å². The van der Waals surface area contributed by atoms with Crippen LogP contribution in [0.4, 0.5) is 4.39 Å². The molecule has 0 spiro atoms. The van der Waals surface area contributed by atoms with Gasteiger partial charge >= 0.3 is 0 Å². The third-order valence-electron chi connectivity index (χ3n) is 3.69. The number of rotatable bonds is 4. The number of halogens is 1. The van der Waals surface area contributed by atoms with Gasteiger partial charge in [-0.3, -0.25) is 4.79 Å². The highest BCUT2D eigenvalue weighted by Gasteiger charge is 2.27. The molecule has 1 aliphatic heterocycles. The molecule has 0 N–H and O–H groups in total. The van der Waals surface area contributed by atoms with Crippen LogP contribution in [0.1, 0.15) is 38.1 Å². The van der Waals surface area contributed by atoms with Gasteiger partial charge in [0, 0.05) is 25.1 Å². The van der Waals surface area contributed by atoms with E-state index in [9.17, 15) is 9.18 Å². The molecule has 1 amide bonds. The molecule has 3 rings (SSSR count). The van der Waals surface area contributed by atoms with E-state index in [2.05, 4.69) is 10.1 Å². The summed E-state index contributed by atoms with van der Waals surface area (Å²) >= 11 is 0. The zero-order valence-corrected chi connectivity index (χ0v) is 12.7. The number of likely N-dealkylation sites (tertiary alicyclic amines) is 1. The second kappa shape index (κ2) is 5.51. The Morgan fingerprint density at radius 3 is 2.59 bits per heavy atom. The highest BCUT2D eigenvalue weighted by atomic mass is 19.1. The van der Waals surface area contributed by atoms with Crippen molar-refractivity contribution in [2.75, 3.05) is 6.54 Å². The summed E-state index contributed by atoms with van der Waals surface area (Å²) in [6.07, 6.45) is 1.57. The topological polar surface area (TPSA) is 59.2 Å². The van der Waals surface area contributed by atoms with E-state index in [1.54, 1.807) is 0 Å². The molecule has 0 atom stereocenters. The van der Waals surface area contributed by atoms with Crippen molar-refractivity contribution in [3.63, 3.8) is 0 Å². The fourth-order valence-electron chi connectivity index (χ4n) is 2.43. The van der Waals surface area contributed by atoms with Crippen LogP contribution in [0.15, 0.2) is 28.8 Å². The normalized spacial score (nSPS) is 15.6. The molecule has 1 saturated heterocycles. The van der Waals surface area contributed by atoms with Gasteiger partial charge in [-0.1, -0.05) is 29.4 Å². The standard InChI is InChI=1S/C16H18FN3O2/c1-16(2,17)15-18-14(19-22-15)12-7-5-11(6-8-12)10-20-9-3-4-13(20)21/h5-8H,3-4,9-10H2,1-2H3. The van der Waals surface area contributed by atoms with E-state index >= 15 is 0 Å². The molecule has 0 unspecified atom stereocenters. The molecule has 22 heavy (non-hydrogen) atoms. The molecular weight excluding hydrogens is 285 g/mol. The van der Waals surface area contributed by atoms with Crippen molar-refractivity contribution in [3.05, 3.63) is 35.7 Å². The van der Waals surface area contributed by atoms with Crippen molar-refractivity contribution in [1.82, 2.24) is 15.0 Å². The highest BCUT2D eigenvalue weighted by molar-refractivity contribution is 5.78. The van der Waals surface area contributed by atoms with E-state index in [1.807, 2.05) is 29.2 Å². The van der Waals surface area contributed by atoms with Crippen molar-refractivity contribution in [2.24, 2.45) is 0 Å². The summed E-state index contributed by atoms with van der Waals surface area (Å²) in [5.41, 5.74) is 0.158. The van der Waals surface area contributed by atoms with E-state index < -0.39 is 5.67 Å². The average molecular weight is 303 g/mol. The van der Waals surface area contributed by atoms with Crippen molar-refractivity contribution < 1.29 is 13.7 Å². The zero-order chi connectivity index (χ0) is 15.7. The number of nitrogens with zero attached hydrogens (tertiary/aromatic N) is 3. The number of hydrogen-bond donors (Lipinski definition) is 0. The van der Waals surface area contributed by atoms with E-state index in [4.69, 9.17) is 4.52 Å². The van der Waals surface area contributed by atoms with Crippen molar-refractivity contribution in [3.8, 4) is 11.4 Å². The molecule has 1 fully saturated rings. The summed E-state index contributed by atoms with van der Waals surface area (Å²) in [7, 11) is 0. The maximum Gasteiger partial charge on any atom is 0.264 e. The number of amides is 1. The first-order valence-electron chi connectivity index (χ1n) is 7.34. The highest BCUT2D eigenvalue weighted by Crippen LogP contribution is 2.25. The molecule has 1 aromatic carbocycles. The van der Waals surface area contributed by atoms with Gasteiger partial charge in [0.1, 0.15) is 0 Å². The van der Waals surface area contributed by atoms with Crippen molar-refractivity contribution >= 4 is 5.91 Å². The molecule has 0 radical (unpaired) electrons. The van der Waals surface area contributed by atoms with Crippen LogP contribution < -0.4 is 0 Å². The summed E-state index contributed by atoms with van der Waals surface area (Å²) in [6.45, 7) is 4.19. The van der Waals surface area contributed by atoms with Crippen LogP contribution in [0.2, 0.25) is 0 Å². The predicted octanol–water partition coefficient (Wildman–Crippen LogP) is 3.06. The van der Waals surface area contributed by atoms with Crippen molar-refractivity contribution in [1.29, 1.82) is 0 Å². The molecule has 6 heteroatoms. The van der Waals surface area contributed by atoms with E-state index in [0.29, 0.717) is 18.8 Å². The molecule has 1 aromatic heterocycles. The molecule has 116 valence electrons. The van der Waals surface area contributed by atoms with Gasteiger partial charge < -0.3 is 9.42 Å². The quantitative estimate of drug-likeness (QED) is 0.871. The first-order chi connectivity index (χ1) is 10.4. The van der Waals surface area contributed by atoms with Crippen LogP contribution in [-0.4, -0.2) is 27.5 Å². The summed E-state index contributed by atoms with van der Waals surface area (Å²) in [6, 6.07) is 7.57. The smallest absolute Gasteiger partial charge is 0.264 e. The Balaban J connectivity index is 1.74. The average Bonchev–Trinajstić information content (AvgIpc) is 3.09. The maximum atomic E-state index is 13.7. The minimum absolute atomic E-state index is 0.0331. The molecular formula is C16H18FN3O2. The Bertz CT molecular complexity index is 673. The van der Waals surface area contributed by atoms with Crippen molar-refractivity contribution in [2.45, 2.75) is 38.9 Å². The number of alkyl halides is 1. The van der Waals surface area contributed by atoms with Gasteiger partial charge in [-0.2, -0.15) is 4.98 Å². The number of hydrogen-bond acceptors (Lipinski definition) is 4. The third-order valence-corrected chi connectivity index (χ3v) is 3.69. The lowest BCUT2D eigenvalue weighted by Gasteiger charge is -2.15. The SMILES string of the molecule is CC(C)(F)c1nc(-c2ccc(CN3CCCC3=O)cc2)no1. The third kappa shape index (κ3) is 3.00. The monoisotopic (exact) mass is 303 g/mol. The molecule has 1 aliphatic rings. The Hall–Kier alpha value is -2.24. The van der Waals surface area contributed by atoms with Crippen LogP contribution in [0, 0.1) is 0 Å². The fraction of sp³-hybridized carbons (Fsp3) is 0.438. The van der Waals surface area contributed by atoms with Gasteiger partial charge in [0.2, 0.25) is 11.7 Å². The number of aromatic nitrogens is 2. The first-order valence-corrected chi connectivity index (χ1v) is 7.34. The van der Waals surface area contributed by atoms with Crippen LogP contribution >= 0.6 is 0 Å². The van der Waals surface area contributed by atoms with Gasteiger partial charge in [0.05, 0.1) is 0 Å². The molecule has 2 heterocycles. The minimum Gasteiger partial charge on any atom is -0.338 e. The van der Waals surface area contributed by atoms with E-state index in [1.165, 1.54) is 13.8 Å². The fourth-order valence-corrected chi connectivity index (χ4v) is 2.43. The summed E-state index contributed by atoms with van der Waals surface area (Å²) in [5, 5.41) is 3.81. The van der Waals surface area contributed by atoms with Crippen LogP contribution in [0.3, 0.4) is 0 Å². The Morgan fingerprint density at radius 1 is 1.32 bits per heavy atom. The number of carbonyl (C=O) groups is 1. The second-order valence-corrected chi connectivity index (χ2v) is 6.01. The molecule has 5 nitrogen and oxygen atoms in total. The summed E-state index contributed by atoms with van der Waals surface area (Å²) in [5.74, 6) is 0.538. The summed E-state index contributed by atoms with van der Waals surface area (Å²) in [4.78, 5) is 17.6. The van der Waals surface area contributed by atoms with Gasteiger partial charge in [0.25, 0.3) is 5.89 Å². The lowest BCUT2D eigenvalue weighted by Crippen LogP contribution is -2.23. The molecule has 2 aromatic rings. The lowest BCUT2D eigenvalue weighted by molar-refractivity contribution is -0.128. The Kier molecular flexibility index (Phi) is 3.68. The largest absolute Gasteiger partial charge is 0.338 e.